The van der Waals surface area contributed by atoms with Crippen LogP contribution < -0.4 is 10.1 Å². The molecule has 5 heteroatoms. The molecule has 2 N–H and O–H groups in total. The van der Waals surface area contributed by atoms with Crippen molar-refractivity contribution in [3.05, 3.63) is 102 Å². The molecule has 1 atom stereocenters. The number of nitrogens with one attached hydrogen (secondary N) is 1. The normalized spacial score (nSPS) is 11.7. The van der Waals surface area contributed by atoms with Crippen molar-refractivity contribution >= 4 is 11.9 Å². The summed E-state index contributed by atoms with van der Waals surface area (Å²) < 4.78 is 5.13. The second-order valence-corrected chi connectivity index (χ2v) is 6.71. The summed E-state index contributed by atoms with van der Waals surface area (Å²) >= 11 is 0. The number of amides is 1. The minimum atomic E-state index is -1.07. The third kappa shape index (κ3) is 5.23. The Bertz CT molecular complexity index is 900. The van der Waals surface area contributed by atoms with Crippen molar-refractivity contribution in [3.63, 3.8) is 0 Å². The van der Waals surface area contributed by atoms with Gasteiger partial charge in [-0.1, -0.05) is 72.8 Å². The first-order valence-corrected chi connectivity index (χ1v) is 9.34. The Morgan fingerprint density at radius 2 is 1.38 bits per heavy atom. The number of carboxylic acids is 1. The predicted octanol–water partition coefficient (Wildman–Crippen LogP) is 3.64. The fraction of sp³-hybridized carbons (Fsp3) is 0.167. The van der Waals surface area contributed by atoms with Crippen molar-refractivity contribution in [1.82, 2.24) is 5.32 Å². The van der Waals surface area contributed by atoms with Crippen molar-refractivity contribution in [2.75, 3.05) is 7.11 Å². The Hall–Kier alpha value is -3.60. The summed E-state index contributed by atoms with van der Waals surface area (Å²) in [6, 6.07) is 24.8. The average Bonchev–Trinajstić information content (AvgIpc) is 2.75. The second-order valence-electron chi connectivity index (χ2n) is 6.71. The lowest BCUT2D eigenvalue weighted by atomic mass is 9.90. The van der Waals surface area contributed by atoms with Crippen molar-refractivity contribution in [2.45, 2.75) is 18.4 Å². The first-order chi connectivity index (χ1) is 14.1. The minimum Gasteiger partial charge on any atom is -0.497 e. The van der Waals surface area contributed by atoms with Gasteiger partial charge in [0.15, 0.2) is 0 Å². The number of benzene rings is 3. The highest BCUT2D eigenvalue weighted by Crippen LogP contribution is 2.25. The molecule has 0 aliphatic heterocycles. The van der Waals surface area contributed by atoms with Gasteiger partial charge < -0.3 is 15.2 Å². The molecule has 0 unspecified atom stereocenters. The van der Waals surface area contributed by atoms with Crippen LogP contribution in [0.5, 0.6) is 5.75 Å². The first-order valence-electron chi connectivity index (χ1n) is 9.34. The van der Waals surface area contributed by atoms with E-state index in [-0.39, 0.29) is 12.3 Å². The van der Waals surface area contributed by atoms with Gasteiger partial charge in [-0.15, -0.1) is 0 Å². The van der Waals surface area contributed by atoms with Crippen molar-refractivity contribution in [1.29, 1.82) is 0 Å². The topological polar surface area (TPSA) is 75.6 Å². The van der Waals surface area contributed by atoms with Gasteiger partial charge >= 0.3 is 5.97 Å². The molecule has 3 rings (SSSR count). The zero-order valence-electron chi connectivity index (χ0n) is 16.1. The average molecular weight is 389 g/mol. The van der Waals surface area contributed by atoms with Crippen molar-refractivity contribution < 1.29 is 19.4 Å². The molecule has 148 valence electrons. The lowest BCUT2D eigenvalue weighted by molar-refractivity contribution is -0.141. The maximum absolute atomic E-state index is 13.2. The molecule has 5 nitrogen and oxygen atoms in total. The number of hydrogen-bond acceptors (Lipinski definition) is 3. The fourth-order valence-corrected chi connectivity index (χ4v) is 3.24. The van der Waals surface area contributed by atoms with E-state index in [9.17, 15) is 14.7 Å². The lowest BCUT2D eigenvalue weighted by Gasteiger charge is -2.21. The number of aliphatic carboxylic acids is 1. The molecule has 0 radical (unpaired) electrons. The number of carbonyl (C=O) groups excluding carboxylic acids is 1. The van der Waals surface area contributed by atoms with Crippen LogP contribution >= 0.6 is 0 Å². The van der Waals surface area contributed by atoms with Gasteiger partial charge in [0.25, 0.3) is 0 Å². The Morgan fingerprint density at radius 1 is 0.862 bits per heavy atom. The van der Waals surface area contributed by atoms with Gasteiger partial charge in [0, 0.05) is 6.42 Å². The summed E-state index contributed by atoms with van der Waals surface area (Å²) in [6.07, 6.45) is 0.182. The van der Waals surface area contributed by atoms with Gasteiger partial charge in [-0.25, -0.2) is 4.79 Å². The molecule has 0 saturated carbocycles. The van der Waals surface area contributed by atoms with E-state index in [0.717, 1.165) is 16.7 Å². The molecule has 0 aliphatic carbocycles. The van der Waals surface area contributed by atoms with E-state index in [0.29, 0.717) is 5.75 Å². The minimum absolute atomic E-state index is 0.182. The van der Waals surface area contributed by atoms with Gasteiger partial charge in [-0.3, -0.25) is 4.79 Å². The standard InChI is InChI=1S/C24H23NO4/c1-29-20-14-12-17(13-15-20)16-21(24(27)28)25-23(26)22(18-8-4-2-5-9-18)19-10-6-3-7-11-19/h2-15,21-22H,16H2,1H3,(H,25,26)(H,27,28)/t21-/m1/s1. The number of ether oxygens (including phenoxy) is 1. The summed E-state index contributed by atoms with van der Waals surface area (Å²) in [5.41, 5.74) is 2.42. The van der Waals surface area contributed by atoms with Crippen LogP contribution in [0, 0.1) is 0 Å². The van der Waals surface area contributed by atoms with E-state index in [1.807, 2.05) is 60.7 Å². The molecular formula is C24H23NO4. The van der Waals surface area contributed by atoms with Crippen LogP contribution in [0.25, 0.3) is 0 Å². The molecule has 3 aromatic carbocycles. The fourth-order valence-electron chi connectivity index (χ4n) is 3.24. The van der Waals surface area contributed by atoms with E-state index >= 15 is 0 Å². The zero-order valence-corrected chi connectivity index (χ0v) is 16.1. The van der Waals surface area contributed by atoms with E-state index < -0.39 is 17.9 Å². The highest BCUT2D eigenvalue weighted by Gasteiger charge is 2.27. The van der Waals surface area contributed by atoms with E-state index in [2.05, 4.69) is 5.32 Å². The molecule has 0 aliphatic rings. The molecule has 1 amide bonds. The van der Waals surface area contributed by atoms with E-state index in [1.165, 1.54) is 0 Å². The Morgan fingerprint density at radius 3 is 1.83 bits per heavy atom. The summed E-state index contributed by atoms with van der Waals surface area (Å²) in [6.45, 7) is 0. The summed E-state index contributed by atoms with van der Waals surface area (Å²) in [5, 5.41) is 12.4. The van der Waals surface area contributed by atoms with Crippen molar-refractivity contribution in [2.24, 2.45) is 0 Å². The Labute approximate surface area is 170 Å². The van der Waals surface area contributed by atoms with Crippen LogP contribution in [-0.2, 0) is 16.0 Å². The van der Waals surface area contributed by atoms with Gasteiger partial charge in [0.2, 0.25) is 5.91 Å². The van der Waals surface area contributed by atoms with Gasteiger partial charge in [-0.2, -0.15) is 0 Å². The van der Waals surface area contributed by atoms with E-state index in [1.54, 1.807) is 31.4 Å². The molecular weight excluding hydrogens is 366 g/mol. The highest BCUT2D eigenvalue weighted by molar-refractivity contribution is 5.90. The zero-order chi connectivity index (χ0) is 20.6. The second kappa shape index (κ2) is 9.55. The monoisotopic (exact) mass is 389 g/mol. The lowest BCUT2D eigenvalue weighted by Crippen LogP contribution is -2.44. The van der Waals surface area contributed by atoms with Gasteiger partial charge in [-0.05, 0) is 28.8 Å². The predicted molar refractivity (Wildman–Crippen MR) is 111 cm³/mol. The van der Waals surface area contributed by atoms with Crippen LogP contribution in [0.2, 0.25) is 0 Å². The number of hydrogen-bond donors (Lipinski definition) is 2. The Kier molecular flexibility index (Phi) is 6.63. The van der Waals surface area contributed by atoms with Crippen LogP contribution in [0.3, 0.4) is 0 Å². The summed E-state index contributed by atoms with van der Waals surface area (Å²) in [7, 11) is 1.57. The number of methoxy groups -OCH3 is 1. The molecule has 3 aromatic rings. The summed E-state index contributed by atoms with van der Waals surface area (Å²) in [5.74, 6) is -1.31. The van der Waals surface area contributed by atoms with E-state index in [4.69, 9.17) is 4.74 Å². The summed E-state index contributed by atoms with van der Waals surface area (Å²) in [4.78, 5) is 25.0. The molecule has 0 saturated heterocycles. The molecule has 29 heavy (non-hydrogen) atoms. The van der Waals surface area contributed by atoms with Gasteiger partial charge in [0.05, 0.1) is 13.0 Å². The van der Waals surface area contributed by atoms with Gasteiger partial charge in [0.1, 0.15) is 11.8 Å². The molecule has 0 aromatic heterocycles. The molecule has 0 fully saturated rings. The highest BCUT2D eigenvalue weighted by atomic mass is 16.5. The van der Waals surface area contributed by atoms with Crippen LogP contribution in [0.4, 0.5) is 0 Å². The largest absolute Gasteiger partial charge is 0.497 e. The third-order valence-electron chi connectivity index (χ3n) is 4.74. The number of rotatable bonds is 8. The van der Waals surface area contributed by atoms with Crippen molar-refractivity contribution in [3.8, 4) is 5.75 Å². The number of carbonyl (C=O) groups is 2. The quantitative estimate of drug-likeness (QED) is 0.617. The Balaban J connectivity index is 1.83. The maximum Gasteiger partial charge on any atom is 0.326 e. The van der Waals surface area contributed by atoms with Crippen LogP contribution in [0.15, 0.2) is 84.9 Å². The molecule has 0 spiro atoms. The first kappa shape index (κ1) is 20.1. The maximum atomic E-state index is 13.2. The third-order valence-corrected chi connectivity index (χ3v) is 4.74. The smallest absolute Gasteiger partial charge is 0.326 e. The number of carboxylic acid groups (broad SMARTS) is 1. The van der Waals surface area contributed by atoms with Crippen LogP contribution in [-0.4, -0.2) is 30.1 Å². The molecule has 0 heterocycles. The van der Waals surface area contributed by atoms with Crippen LogP contribution in [0.1, 0.15) is 22.6 Å². The molecule has 0 bridgehead atoms. The SMILES string of the molecule is COc1ccc(C[C@@H](NC(=O)C(c2ccccc2)c2ccccc2)C(=O)O)cc1.